The van der Waals surface area contributed by atoms with Crippen molar-refractivity contribution >= 4 is 10.8 Å². The van der Waals surface area contributed by atoms with Crippen LogP contribution in [0.2, 0.25) is 0 Å². The molecule has 1 aliphatic rings. The van der Waals surface area contributed by atoms with Gasteiger partial charge in [0.1, 0.15) is 0 Å². The van der Waals surface area contributed by atoms with Crippen molar-refractivity contribution in [3.8, 4) is 56.4 Å². The van der Waals surface area contributed by atoms with Crippen molar-refractivity contribution in [1.29, 1.82) is 0 Å². The van der Waals surface area contributed by atoms with E-state index in [1.165, 1.54) is 33.4 Å². The van der Waals surface area contributed by atoms with Crippen LogP contribution in [0.15, 0.2) is 200 Å². The van der Waals surface area contributed by atoms with E-state index in [1.807, 2.05) is 36.4 Å². The van der Waals surface area contributed by atoms with Gasteiger partial charge in [-0.25, -0.2) is 15.0 Å². The van der Waals surface area contributed by atoms with E-state index in [4.69, 9.17) is 15.0 Å². The summed E-state index contributed by atoms with van der Waals surface area (Å²) < 4.78 is 0. The molecule has 8 aromatic carbocycles. The van der Waals surface area contributed by atoms with E-state index in [1.54, 1.807) is 0 Å². The Morgan fingerprint density at radius 2 is 0.736 bits per heavy atom. The first-order valence-electron chi connectivity index (χ1n) is 18.0. The average molecular weight is 676 g/mol. The van der Waals surface area contributed by atoms with Crippen LogP contribution in [-0.2, 0) is 5.41 Å². The maximum absolute atomic E-state index is 5.23. The normalized spacial score (nSPS) is 12.7. The van der Waals surface area contributed by atoms with Gasteiger partial charge in [-0.15, -0.1) is 0 Å². The quantitative estimate of drug-likeness (QED) is 0.176. The van der Waals surface area contributed by atoms with Gasteiger partial charge in [-0.3, -0.25) is 0 Å². The molecule has 3 heteroatoms. The molecule has 0 N–H and O–H groups in total. The molecule has 1 heterocycles. The molecule has 0 saturated carbocycles. The fourth-order valence-electron chi connectivity index (χ4n) is 8.29. The molecule has 3 nitrogen and oxygen atoms in total. The minimum atomic E-state index is -0.504. The van der Waals surface area contributed by atoms with E-state index in [2.05, 4.69) is 164 Å². The van der Waals surface area contributed by atoms with Gasteiger partial charge in [0.2, 0.25) is 0 Å². The molecule has 248 valence electrons. The second kappa shape index (κ2) is 12.7. The second-order valence-electron chi connectivity index (χ2n) is 13.5. The van der Waals surface area contributed by atoms with Gasteiger partial charge in [-0.05, 0) is 67.4 Å². The predicted octanol–water partition coefficient (Wildman–Crippen LogP) is 12.1. The largest absolute Gasteiger partial charge is 0.208 e. The monoisotopic (exact) mass is 675 g/mol. The van der Waals surface area contributed by atoms with Crippen LogP contribution in [0, 0.1) is 0 Å². The number of hydrogen-bond acceptors (Lipinski definition) is 3. The Hall–Kier alpha value is -6.97. The topological polar surface area (TPSA) is 38.7 Å². The molecule has 9 aromatic rings. The highest BCUT2D eigenvalue weighted by Crippen LogP contribution is 2.58. The maximum atomic E-state index is 5.23. The molecule has 0 bridgehead atoms. The minimum Gasteiger partial charge on any atom is -0.208 e. The molecule has 0 amide bonds. The highest BCUT2D eigenvalue weighted by Gasteiger charge is 2.46. The molecule has 10 rings (SSSR count). The first kappa shape index (κ1) is 30.8. The SMILES string of the molecule is c1ccc(-c2nc(-c3ccccc3)nc(-c3cc4ccccc4cc3-c3cccc4c3-c3ccccc3C4(c3ccccc3)c3ccccc3)n2)cc1. The van der Waals surface area contributed by atoms with Crippen molar-refractivity contribution in [3.05, 3.63) is 222 Å². The van der Waals surface area contributed by atoms with E-state index in [-0.39, 0.29) is 0 Å². The number of benzene rings is 8. The van der Waals surface area contributed by atoms with Crippen molar-refractivity contribution in [2.75, 3.05) is 0 Å². The van der Waals surface area contributed by atoms with Crippen LogP contribution in [0.1, 0.15) is 22.3 Å². The Balaban J connectivity index is 1.30. The molecular weight excluding hydrogens is 643 g/mol. The molecular formula is C50H33N3. The zero-order valence-corrected chi connectivity index (χ0v) is 28.9. The minimum absolute atomic E-state index is 0.504. The second-order valence-corrected chi connectivity index (χ2v) is 13.5. The molecule has 0 fully saturated rings. The molecule has 0 unspecified atom stereocenters. The first-order chi connectivity index (χ1) is 26.3. The fraction of sp³-hybridized carbons (Fsp3) is 0.0200. The van der Waals surface area contributed by atoms with Gasteiger partial charge in [0.15, 0.2) is 17.5 Å². The van der Waals surface area contributed by atoms with Crippen LogP contribution in [0.25, 0.3) is 67.2 Å². The van der Waals surface area contributed by atoms with E-state index in [9.17, 15) is 0 Å². The average Bonchev–Trinajstić information content (AvgIpc) is 3.55. The van der Waals surface area contributed by atoms with Crippen LogP contribution in [-0.4, -0.2) is 15.0 Å². The number of nitrogens with zero attached hydrogens (tertiary/aromatic N) is 3. The van der Waals surface area contributed by atoms with Crippen molar-refractivity contribution < 1.29 is 0 Å². The standard InChI is InChI=1S/C50H33N3/c1-5-18-34(19-6-1)47-51-48(35-20-7-2-8-21-35)53-49(52-47)43-33-37-23-14-13-22-36(37)32-42(43)40-29-17-31-45-46(40)41-28-15-16-30-44(41)50(45,38-24-9-3-10-25-38)39-26-11-4-12-27-39/h1-33H. The summed E-state index contributed by atoms with van der Waals surface area (Å²) in [5, 5.41) is 2.29. The van der Waals surface area contributed by atoms with Crippen molar-refractivity contribution in [3.63, 3.8) is 0 Å². The van der Waals surface area contributed by atoms with Gasteiger partial charge in [0.05, 0.1) is 5.41 Å². The maximum Gasteiger partial charge on any atom is 0.164 e. The lowest BCUT2D eigenvalue weighted by molar-refractivity contribution is 0.768. The third kappa shape index (κ3) is 5.01. The molecule has 53 heavy (non-hydrogen) atoms. The van der Waals surface area contributed by atoms with Crippen LogP contribution in [0.5, 0.6) is 0 Å². The van der Waals surface area contributed by atoms with Gasteiger partial charge in [-0.1, -0.05) is 188 Å². The van der Waals surface area contributed by atoms with E-state index in [0.717, 1.165) is 38.6 Å². The van der Waals surface area contributed by atoms with Crippen molar-refractivity contribution in [2.24, 2.45) is 0 Å². The number of aromatic nitrogens is 3. The summed E-state index contributed by atoms with van der Waals surface area (Å²) in [6.45, 7) is 0. The van der Waals surface area contributed by atoms with Crippen molar-refractivity contribution in [2.45, 2.75) is 5.41 Å². The smallest absolute Gasteiger partial charge is 0.164 e. The first-order valence-corrected chi connectivity index (χ1v) is 18.0. The number of rotatable bonds is 6. The van der Waals surface area contributed by atoms with E-state index in [0.29, 0.717) is 17.5 Å². The number of fused-ring (bicyclic) bond motifs is 4. The van der Waals surface area contributed by atoms with E-state index >= 15 is 0 Å². The van der Waals surface area contributed by atoms with E-state index < -0.39 is 5.41 Å². The predicted molar refractivity (Wildman–Crippen MR) is 216 cm³/mol. The van der Waals surface area contributed by atoms with Gasteiger partial charge >= 0.3 is 0 Å². The summed E-state index contributed by atoms with van der Waals surface area (Å²) >= 11 is 0. The van der Waals surface area contributed by atoms with Crippen LogP contribution >= 0.6 is 0 Å². The Kier molecular flexibility index (Phi) is 7.36. The third-order valence-electron chi connectivity index (χ3n) is 10.6. The summed E-state index contributed by atoms with van der Waals surface area (Å²) in [6, 6.07) is 71.2. The van der Waals surface area contributed by atoms with Gasteiger partial charge in [0, 0.05) is 16.7 Å². The highest BCUT2D eigenvalue weighted by atomic mass is 15.0. The van der Waals surface area contributed by atoms with Gasteiger partial charge in [-0.2, -0.15) is 0 Å². The summed E-state index contributed by atoms with van der Waals surface area (Å²) in [7, 11) is 0. The molecule has 0 aliphatic heterocycles. The molecule has 1 aromatic heterocycles. The third-order valence-corrected chi connectivity index (χ3v) is 10.6. The van der Waals surface area contributed by atoms with Crippen LogP contribution in [0.3, 0.4) is 0 Å². The van der Waals surface area contributed by atoms with Crippen molar-refractivity contribution in [1.82, 2.24) is 15.0 Å². The lowest BCUT2D eigenvalue weighted by Gasteiger charge is -2.34. The molecule has 0 saturated heterocycles. The van der Waals surface area contributed by atoms with Gasteiger partial charge in [0.25, 0.3) is 0 Å². The zero-order chi connectivity index (χ0) is 35.2. The van der Waals surface area contributed by atoms with Crippen LogP contribution < -0.4 is 0 Å². The Morgan fingerprint density at radius 1 is 0.302 bits per heavy atom. The summed E-state index contributed by atoms with van der Waals surface area (Å²) in [6.07, 6.45) is 0. The Labute approximate surface area is 309 Å². The zero-order valence-electron chi connectivity index (χ0n) is 28.9. The summed E-state index contributed by atoms with van der Waals surface area (Å²) in [5.41, 5.74) is 12.1. The molecule has 0 spiro atoms. The Bertz CT molecular complexity index is 2660. The fourth-order valence-corrected chi connectivity index (χ4v) is 8.29. The van der Waals surface area contributed by atoms with Gasteiger partial charge < -0.3 is 0 Å². The lowest BCUT2D eigenvalue weighted by Crippen LogP contribution is -2.28. The number of hydrogen-bond donors (Lipinski definition) is 0. The molecule has 1 aliphatic carbocycles. The van der Waals surface area contributed by atoms with Crippen LogP contribution in [0.4, 0.5) is 0 Å². The Morgan fingerprint density at radius 3 is 1.32 bits per heavy atom. The molecule has 0 atom stereocenters. The molecule has 0 radical (unpaired) electrons. The summed E-state index contributed by atoms with van der Waals surface area (Å²) in [4.78, 5) is 15.5. The lowest BCUT2D eigenvalue weighted by atomic mass is 9.67. The summed E-state index contributed by atoms with van der Waals surface area (Å²) in [5.74, 6) is 1.92. The highest BCUT2D eigenvalue weighted by molar-refractivity contribution is 6.02.